The highest BCUT2D eigenvalue weighted by molar-refractivity contribution is 6.00. The zero-order chi connectivity index (χ0) is 18.1. The Morgan fingerprint density at radius 1 is 1.12 bits per heavy atom. The molecular formula is C21H28N2O3. The van der Waals surface area contributed by atoms with Crippen molar-refractivity contribution >= 4 is 17.5 Å². The first kappa shape index (κ1) is 17.5. The zero-order valence-corrected chi connectivity index (χ0v) is 15.5. The van der Waals surface area contributed by atoms with E-state index in [0.717, 1.165) is 56.8 Å². The maximum absolute atomic E-state index is 12.9. The van der Waals surface area contributed by atoms with Gasteiger partial charge in [-0.2, -0.15) is 0 Å². The van der Waals surface area contributed by atoms with Gasteiger partial charge in [-0.25, -0.2) is 0 Å². The molecule has 0 aliphatic carbocycles. The molecule has 3 fully saturated rings. The van der Waals surface area contributed by atoms with E-state index in [4.69, 9.17) is 4.74 Å². The van der Waals surface area contributed by atoms with Gasteiger partial charge in [0, 0.05) is 45.0 Å². The first-order valence-corrected chi connectivity index (χ1v) is 9.92. The summed E-state index contributed by atoms with van der Waals surface area (Å²) in [4.78, 5) is 29.2. The number of hydrogen-bond acceptors (Lipinski definition) is 3. The molecule has 2 amide bonds. The molecule has 1 aromatic carbocycles. The van der Waals surface area contributed by atoms with Crippen LogP contribution in [0.2, 0.25) is 0 Å². The van der Waals surface area contributed by atoms with Gasteiger partial charge < -0.3 is 14.5 Å². The average molecular weight is 356 g/mol. The number of anilines is 1. The highest BCUT2D eigenvalue weighted by Gasteiger charge is 2.43. The van der Waals surface area contributed by atoms with Crippen LogP contribution in [-0.4, -0.2) is 49.6 Å². The summed E-state index contributed by atoms with van der Waals surface area (Å²) in [5, 5.41) is 0. The van der Waals surface area contributed by atoms with Gasteiger partial charge in [0.1, 0.15) is 0 Å². The third-order valence-corrected chi connectivity index (χ3v) is 6.29. The normalized spacial score (nSPS) is 24.8. The molecule has 1 atom stereocenters. The second kappa shape index (κ2) is 7.39. The van der Waals surface area contributed by atoms with Gasteiger partial charge in [-0.15, -0.1) is 0 Å². The SMILES string of the molecule is CCc1ccccc1N1C[C@@H](C(=O)N2CC(C3CCOCC3)C2)CC1=O. The number of nitrogens with zero attached hydrogens (tertiary/aromatic N) is 2. The monoisotopic (exact) mass is 356 g/mol. The third kappa shape index (κ3) is 3.25. The summed E-state index contributed by atoms with van der Waals surface area (Å²) in [6.07, 6.45) is 3.47. The Morgan fingerprint density at radius 3 is 2.58 bits per heavy atom. The lowest BCUT2D eigenvalue weighted by Crippen LogP contribution is -2.55. The minimum absolute atomic E-state index is 0.0748. The summed E-state index contributed by atoms with van der Waals surface area (Å²) in [5.41, 5.74) is 2.14. The molecule has 0 radical (unpaired) electrons. The van der Waals surface area contributed by atoms with E-state index in [1.165, 1.54) is 0 Å². The summed E-state index contributed by atoms with van der Waals surface area (Å²) in [6.45, 7) is 6.06. The average Bonchev–Trinajstić information content (AvgIpc) is 3.03. The molecule has 0 unspecified atom stereocenters. The minimum atomic E-state index is -0.192. The van der Waals surface area contributed by atoms with Gasteiger partial charge in [-0.1, -0.05) is 25.1 Å². The lowest BCUT2D eigenvalue weighted by atomic mass is 9.80. The number of carbonyl (C=O) groups is 2. The van der Waals surface area contributed by atoms with Crippen LogP contribution in [-0.2, 0) is 20.7 Å². The Hall–Kier alpha value is -1.88. The van der Waals surface area contributed by atoms with Crippen LogP contribution >= 0.6 is 0 Å². The van der Waals surface area contributed by atoms with Gasteiger partial charge in [0.15, 0.2) is 0 Å². The van der Waals surface area contributed by atoms with E-state index in [2.05, 4.69) is 13.0 Å². The Kier molecular flexibility index (Phi) is 4.98. The molecule has 0 spiro atoms. The number of likely N-dealkylation sites (tertiary alicyclic amines) is 1. The molecule has 3 saturated heterocycles. The van der Waals surface area contributed by atoms with Crippen LogP contribution in [0.3, 0.4) is 0 Å². The van der Waals surface area contributed by atoms with Crippen LogP contribution in [0.15, 0.2) is 24.3 Å². The number of aryl methyl sites for hydroxylation is 1. The number of benzene rings is 1. The predicted molar refractivity (Wildman–Crippen MR) is 99.9 cm³/mol. The standard InChI is InChI=1S/C21H28N2O3/c1-2-15-5-3-4-6-19(15)23-14-17(11-20(23)24)21(25)22-12-18(13-22)16-7-9-26-10-8-16/h3-6,16-18H,2,7-14H2,1H3/t17-/m0/s1. The Balaban J connectivity index is 1.36. The predicted octanol–water partition coefficient (Wildman–Crippen LogP) is 2.49. The molecule has 4 rings (SSSR count). The summed E-state index contributed by atoms with van der Waals surface area (Å²) in [5.74, 6) is 1.37. The van der Waals surface area contributed by atoms with Gasteiger partial charge in [-0.05, 0) is 42.7 Å². The Labute approximate surface area is 155 Å². The summed E-state index contributed by atoms with van der Waals surface area (Å²) >= 11 is 0. The van der Waals surface area contributed by atoms with Gasteiger partial charge in [0.2, 0.25) is 11.8 Å². The fraction of sp³-hybridized carbons (Fsp3) is 0.619. The number of ether oxygens (including phenoxy) is 1. The van der Waals surface area contributed by atoms with Gasteiger partial charge in [0.05, 0.1) is 5.92 Å². The van der Waals surface area contributed by atoms with Crippen molar-refractivity contribution in [2.75, 3.05) is 37.7 Å². The van der Waals surface area contributed by atoms with E-state index >= 15 is 0 Å². The maximum Gasteiger partial charge on any atom is 0.228 e. The molecule has 140 valence electrons. The maximum atomic E-state index is 12.9. The third-order valence-electron chi connectivity index (χ3n) is 6.29. The Bertz CT molecular complexity index is 678. The van der Waals surface area contributed by atoms with E-state index in [9.17, 15) is 9.59 Å². The molecule has 0 aromatic heterocycles. The fourth-order valence-electron chi connectivity index (χ4n) is 4.62. The van der Waals surface area contributed by atoms with Crippen molar-refractivity contribution in [3.05, 3.63) is 29.8 Å². The van der Waals surface area contributed by atoms with Crippen molar-refractivity contribution in [1.29, 1.82) is 0 Å². The Morgan fingerprint density at radius 2 is 1.85 bits per heavy atom. The quantitative estimate of drug-likeness (QED) is 0.833. The lowest BCUT2D eigenvalue weighted by Gasteiger charge is -2.45. The molecule has 1 aromatic rings. The molecule has 0 saturated carbocycles. The number of amides is 2. The number of hydrogen-bond donors (Lipinski definition) is 0. The van der Waals surface area contributed by atoms with Crippen molar-refractivity contribution in [2.24, 2.45) is 17.8 Å². The highest BCUT2D eigenvalue weighted by Crippen LogP contribution is 2.34. The van der Waals surface area contributed by atoms with Crippen molar-refractivity contribution in [2.45, 2.75) is 32.6 Å². The molecular weight excluding hydrogens is 328 g/mol. The largest absolute Gasteiger partial charge is 0.381 e. The second-order valence-electron chi connectivity index (χ2n) is 7.84. The van der Waals surface area contributed by atoms with Crippen molar-refractivity contribution in [3.8, 4) is 0 Å². The minimum Gasteiger partial charge on any atom is -0.381 e. The van der Waals surface area contributed by atoms with Gasteiger partial charge in [0.25, 0.3) is 0 Å². The molecule has 3 heterocycles. The second-order valence-corrected chi connectivity index (χ2v) is 7.84. The first-order chi connectivity index (χ1) is 12.7. The van der Waals surface area contributed by atoms with Crippen LogP contribution in [0.1, 0.15) is 31.7 Å². The summed E-state index contributed by atoms with van der Waals surface area (Å²) < 4.78 is 5.43. The zero-order valence-electron chi connectivity index (χ0n) is 15.5. The van der Waals surface area contributed by atoms with Crippen LogP contribution in [0.5, 0.6) is 0 Å². The van der Waals surface area contributed by atoms with Crippen LogP contribution < -0.4 is 4.90 Å². The van der Waals surface area contributed by atoms with E-state index in [1.807, 2.05) is 28.0 Å². The van der Waals surface area contributed by atoms with Gasteiger partial charge >= 0.3 is 0 Å². The molecule has 0 N–H and O–H groups in total. The number of rotatable bonds is 4. The van der Waals surface area contributed by atoms with Crippen LogP contribution in [0.25, 0.3) is 0 Å². The molecule has 5 heteroatoms. The van der Waals surface area contributed by atoms with Crippen molar-refractivity contribution < 1.29 is 14.3 Å². The highest BCUT2D eigenvalue weighted by atomic mass is 16.5. The topological polar surface area (TPSA) is 49.9 Å². The number of carbonyl (C=O) groups excluding carboxylic acids is 2. The molecule has 26 heavy (non-hydrogen) atoms. The van der Waals surface area contributed by atoms with Crippen LogP contribution in [0.4, 0.5) is 5.69 Å². The first-order valence-electron chi connectivity index (χ1n) is 9.92. The van der Waals surface area contributed by atoms with Crippen LogP contribution in [0, 0.1) is 17.8 Å². The molecule has 3 aliphatic heterocycles. The molecule has 5 nitrogen and oxygen atoms in total. The number of para-hydroxylation sites is 1. The van der Waals surface area contributed by atoms with Crippen molar-refractivity contribution in [1.82, 2.24) is 4.90 Å². The van der Waals surface area contributed by atoms with E-state index in [1.54, 1.807) is 0 Å². The van der Waals surface area contributed by atoms with Crippen molar-refractivity contribution in [3.63, 3.8) is 0 Å². The lowest BCUT2D eigenvalue weighted by molar-refractivity contribution is -0.144. The molecule has 0 bridgehead atoms. The van der Waals surface area contributed by atoms with E-state index < -0.39 is 0 Å². The fourth-order valence-corrected chi connectivity index (χ4v) is 4.62. The smallest absolute Gasteiger partial charge is 0.228 e. The van der Waals surface area contributed by atoms with Gasteiger partial charge in [-0.3, -0.25) is 9.59 Å². The van der Waals surface area contributed by atoms with E-state index in [-0.39, 0.29) is 17.7 Å². The summed E-state index contributed by atoms with van der Waals surface area (Å²) in [6, 6.07) is 8.02. The van der Waals surface area contributed by atoms with E-state index in [0.29, 0.717) is 24.8 Å². The summed E-state index contributed by atoms with van der Waals surface area (Å²) in [7, 11) is 0. The molecule has 3 aliphatic rings.